The average Bonchev–Trinajstić information content (AvgIpc) is 3.21. The van der Waals surface area contributed by atoms with Gasteiger partial charge in [-0.25, -0.2) is 0 Å². The van der Waals surface area contributed by atoms with Crippen LogP contribution in [0, 0.1) is 0 Å². The topological polar surface area (TPSA) is 69.7 Å². The van der Waals surface area contributed by atoms with Crippen molar-refractivity contribution in [2.24, 2.45) is 0 Å². The molecule has 0 saturated heterocycles. The SMILES string of the molecule is COc1ccc(OC)c(-c2cc(Cl)c3c(c2)C[C@H](CNC(=O)c2ccncc2)O3)c1. The number of fused-ring (bicyclic) bond motifs is 1. The molecule has 0 saturated carbocycles. The summed E-state index contributed by atoms with van der Waals surface area (Å²) >= 11 is 6.53. The van der Waals surface area contributed by atoms with Gasteiger partial charge in [-0.05, 0) is 48.0 Å². The first-order valence-electron chi connectivity index (χ1n) is 9.48. The van der Waals surface area contributed by atoms with Crippen molar-refractivity contribution in [3.05, 3.63) is 71.0 Å². The molecule has 7 heteroatoms. The lowest BCUT2D eigenvalue weighted by Gasteiger charge is -2.13. The lowest BCUT2D eigenvalue weighted by molar-refractivity contribution is 0.0933. The second kappa shape index (κ2) is 8.63. The van der Waals surface area contributed by atoms with E-state index in [1.54, 1.807) is 38.7 Å². The number of aromatic nitrogens is 1. The Morgan fingerprint density at radius 3 is 2.70 bits per heavy atom. The molecule has 30 heavy (non-hydrogen) atoms. The third kappa shape index (κ3) is 4.04. The predicted octanol–water partition coefficient (Wildman–Crippen LogP) is 4.15. The lowest BCUT2D eigenvalue weighted by Crippen LogP contribution is -2.34. The molecule has 0 unspecified atom stereocenters. The largest absolute Gasteiger partial charge is 0.497 e. The highest BCUT2D eigenvalue weighted by Crippen LogP contribution is 2.42. The van der Waals surface area contributed by atoms with E-state index in [9.17, 15) is 4.79 Å². The van der Waals surface area contributed by atoms with Gasteiger partial charge in [-0.3, -0.25) is 9.78 Å². The van der Waals surface area contributed by atoms with E-state index in [4.69, 9.17) is 25.8 Å². The molecule has 3 aromatic rings. The van der Waals surface area contributed by atoms with Crippen LogP contribution >= 0.6 is 11.6 Å². The molecule has 6 nitrogen and oxygen atoms in total. The van der Waals surface area contributed by atoms with E-state index in [2.05, 4.69) is 10.3 Å². The number of carbonyl (C=O) groups is 1. The Kier molecular flexibility index (Phi) is 5.77. The summed E-state index contributed by atoms with van der Waals surface area (Å²) < 4.78 is 16.9. The zero-order valence-corrected chi connectivity index (χ0v) is 17.4. The number of hydrogen-bond acceptors (Lipinski definition) is 5. The molecule has 0 radical (unpaired) electrons. The van der Waals surface area contributed by atoms with Crippen LogP contribution in [0.1, 0.15) is 15.9 Å². The van der Waals surface area contributed by atoms with Crippen LogP contribution < -0.4 is 19.5 Å². The van der Waals surface area contributed by atoms with E-state index in [1.807, 2.05) is 30.3 Å². The summed E-state index contributed by atoms with van der Waals surface area (Å²) in [6, 6.07) is 12.9. The van der Waals surface area contributed by atoms with Crippen molar-refractivity contribution in [3.8, 4) is 28.4 Å². The van der Waals surface area contributed by atoms with Gasteiger partial charge >= 0.3 is 0 Å². The molecule has 1 amide bonds. The highest BCUT2D eigenvalue weighted by atomic mass is 35.5. The molecule has 1 N–H and O–H groups in total. The summed E-state index contributed by atoms with van der Waals surface area (Å²) in [4.78, 5) is 16.2. The maximum Gasteiger partial charge on any atom is 0.251 e. The van der Waals surface area contributed by atoms with Crippen LogP contribution in [0.15, 0.2) is 54.9 Å². The number of rotatable bonds is 6. The molecular formula is C23H21ClN2O4. The molecular weight excluding hydrogens is 404 g/mol. The summed E-state index contributed by atoms with van der Waals surface area (Å²) in [5, 5.41) is 3.43. The van der Waals surface area contributed by atoms with Gasteiger partial charge in [0.1, 0.15) is 23.4 Å². The summed E-state index contributed by atoms with van der Waals surface area (Å²) in [6.07, 6.45) is 3.63. The van der Waals surface area contributed by atoms with Crippen molar-refractivity contribution >= 4 is 17.5 Å². The monoisotopic (exact) mass is 424 g/mol. The van der Waals surface area contributed by atoms with E-state index in [0.29, 0.717) is 29.3 Å². The van der Waals surface area contributed by atoms with E-state index < -0.39 is 0 Å². The third-order valence-electron chi connectivity index (χ3n) is 5.00. The van der Waals surface area contributed by atoms with Gasteiger partial charge in [0.2, 0.25) is 0 Å². The minimum Gasteiger partial charge on any atom is -0.497 e. The summed E-state index contributed by atoms with van der Waals surface area (Å²) in [6.45, 7) is 0.379. The van der Waals surface area contributed by atoms with Gasteiger partial charge < -0.3 is 19.5 Å². The van der Waals surface area contributed by atoms with Crippen molar-refractivity contribution in [3.63, 3.8) is 0 Å². The number of nitrogens with zero attached hydrogens (tertiary/aromatic N) is 1. The normalized spacial score (nSPS) is 14.6. The summed E-state index contributed by atoms with van der Waals surface area (Å²) in [7, 11) is 3.25. The Labute approximate surface area is 179 Å². The molecule has 0 spiro atoms. The predicted molar refractivity (Wildman–Crippen MR) is 115 cm³/mol. The molecule has 1 aliphatic heterocycles. The first kappa shape index (κ1) is 20.0. The Hall–Kier alpha value is -3.25. The van der Waals surface area contributed by atoms with Gasteiger partial charge in [0.15, 0.2) is 0 Å². The number of methoxy groups -OCH3 is 2. The summed E-state index contributed by atoms with van der Waals surface area (Å²) in [5.41, 5.74) is 3.35. The van der Waals surface area contributed by atoms with Crippen LogP contribution in [0.25, 0.3) is 11.1 Å². The molecule has 1 atom stereocenters. The van der Waals surface area contributed by atoms with Crippen molar-refractivity contribution in [2.75, 3.05) is 20.8 Å². The van der Waals surface area contributed by atoms with E-state index in [-0.39, 0.29) is 12.0 Å². The molecule has 1 aromatic heterocycles. The van der Waals surface area contributed by atoms with Gasteiger partial charge in [0.25, 0.3) is 5.91 Å². The van der Waals surface area contributed by atoms with Crippen LogP contribution in [-0.2, 0) is 6.42 Å². The quantitative estimate of drug-likeness (QED) is 0.643. The van der Waals surface area contributed by atoms with E-state index >= 15 is 0 Å². The highest BCUT2D eigenvalue weighted by Gasteiger charge is 2.27. The van der Waals surface area contributed by atoms with Gasteiger partial charge in [-0.2, -0.15) is 0 Å². The Morgan fingerprint density at radius 1 is 1.17 bits per heavy atom. The van der Waals surface area contributed by atoms with Crippen LogP contribution in [0.4, 0.5) is 0 Å². The van der Waals surface area contributed by atoms with Gasteiger partial charge in [-0.15, -0.1) is 0 Å². The smallest absolute Gasteiger partial charge is 0.251 e. The second-order valence-electron chi connectivity index (χ2n) is 6.90. The number of hydrogen-bond donors (Lipinski definition) is 1. The minimum absolute atomic E-state index is 0.162. The first-order valence-corrected chi connectivity index (χ1v) is 9.86. The molecule has 154 valence electrons. The van der Waals surface area contributed by atoms with Gasteiger partial charge in [-0.1, -0.05) is 11.6 Å². The maximum absolute atomic E-state index is 12.3. The fourth-order valence-electron chi connectivity index (χ4n) is 3.51. The Morgan fingerprint density at radius 2 is 1.97 bits per heavy atom. The third-order valence-corrected chi connectivity index (χ3v) is 5.28. The van der Waals surface area contributed by atoms with E-state index in [0.717, 1.165) is 28.2 Å². The molecule has 4 rings (SSSR count). The van der Waals surface area contributed by atoms with Crippen LogP contribution in [0.5, 0.6) is 17.2 Å². The number of pyridine rings is 1. The fourth-order valence-corrected chi connectivity index (χ4v) is 3.79. The van der Waals surface area contributed by atoms with Crippen molar-refractivity contribution in [1.29, 1.82) is 0 Å². The van der Waals surface area contributed by atoms with Crippen LogP contribution in [0.3, 0.4) is 0 Å². The summed E-state index contributed by atoms with van der Waals surface area (Å²) in [5.74, 6) is 1.96. The number of halogens is 1. The second-order valence-corrected chi connectivity index (χ2v) is 7.31. The Balaban J connectivity index is 1.52. The minimum atomic E-state index is -0.189. The highest BCUT2D eigenvalue weighted by molar-refractivity contribution is 6.32. The number of benzene rings is 2. The molecule has 0 fully saturated rings. The van der Waals surface area contributed by atoms with Crippen molar-refractivity contribution in [2.45, 2.75) is 12.5 Å². The number of carbonyl (C=O) groups excluding carboxylic acids is 1. The molecule has 2 aromatic carbocycles. The standard InChI is InChI=1S/C23H21ClN2O4/c1-28-17-3-4-21(29-2)19(12-17)15-9-16-10-18(30-22(16)20(24)11-15)13-26-23(27)14-5-7-25-8-6-14/h3-9,11-12,18H,10,13H2,1-2H3,(H,26,27)/t18-/m1/s1. The van der Waals surface area contributed by atoms with E-state index in [1.165, 1.54) is 0 Å². The molecule has 2 heterocycles. The zero-order chi connectivity index (χ0) is 21.1. The van der Waals surface area contributed by atoms with Gasteiger partial charge in [0.05, 0.1) is 25.8 Å². The Bertz CT molecular complexity index is 1070. The van der Waals surface area contributed by atoms with Crippen LogP contribution in [0.2, 0.25) is 5.02 Å². The molecule has 0 bridgehead atoms. The number of ether oxygens (including phenoxy) is 3. The van der Waals surface area contributed by atoms with Crippen LogP contribution in [-0.4, -0.2) is 37.8 Å². The maximum atomic E-state index is 12.3. The first-order chi connectivity index (χ1) is 14.6. The number of amides is 1. The van der Waals surface area contributed by atoms with Crippen molar-refractivity contribution in [1.82, 2.24) is 10.3 Å². The lowest BCUT2D eigenvalue weighted by atomic mass is 9.99. The van der Waals surface area contributed by atoms with Crippen molar-refractivity contribution < 1.29 is 19.0 Å². The molecule has 0 aliphatic carbocycles. The van der Waals surface area contributed by atoms with Gasteiger partial charge in [0, 0.05) is 35.5 Å². The number of nitrogens with one attached hydrogen (secondary N) is 1. The zero-order valence-electron chi connectivity index (χ0n) is 16.6. The molecule has 1 aliphatic rings. The fraction of sp³-hybridized carbons (Fsp3) is 0.217. The average molecular weight is 425 g/mol.